The molecule has 2 aromatic heterocycles. The molecule has 0 unspecified atom stereocenters. The zero-order chi connectivity index (χ0) is 15.1. The fraction of sp³-hybridized carbons (Fsp3) is 0.500. The zero-order valence-electron chi connectivity index (χ0n) is 13.0. The summed E-state index contributed by atoms with van der Waals surface area (Å²) in [4.78, 5) is 13.2. The number of aryl methyl sites for hydroxylation is 3. The third-order valence-corrected chi connectivity index (χ3v) is 4.67. The van der Waals surface area contributed by atoms with Crippen molar-refractivity contribution in [2.45, 2.75) is 32.2 Å². The van der Waals surface area contributed by atoms with Crippen LogP contribution in [-0.2, 0) is 12.8 Å². The molecular weight excluding hydrogens is 276 g/mol. The minimum absolute atomic E-state index is 0.451. The predicted molar refractivity (Wildman–Crippen MR) is 85.2 cm³/mol. The van der Waals surface area contributed by atoms with Gasteiger partial charge in [-0.2, -0.15) is 5.10 Å². The van der Waals surface area contributed by atoms with Gasteiger partial charge in [0, 0.05) is 20.1 Å². The minimum Gasteiger partial charge on any atom is -0.352 e. The molecule has 3 heterocycles. The van der Waals surface area contributed by atoms with Gasteiger partial charge in [0.2, 0.25) is 0 Å². The molecule has 0 aromatic carbocycles. The van der Waals surface area contributed by atoms with E-state index in [0.29, 0.717) is 6.04 Å². The molecule has 2 aromatic rings. The molecule has 6 heteroatoms. The van der Waals surface area contributed by atoms with Crippen LogP contribution in [0.1, 0.15) is 23.4 Å². The molecule has 4 rings (SSSR count). The lowest BCUT2D eigenvalue weighted by atomic mass is 10.1. The first-order chi connectivity index (χ1) is 10.7. The van der Waals surface area contributed by atoms with Gasteiger partial charge in [-0.05, 0) is 37.8 Å². The maximum Gasteiger partial charge on any atom is 0.151 e. The number of rotatable bonds is 3. The van der Waals surface area contributed by atoms with Gasteiger partial charge in [-0.25, -0.2) is 4.98 Å². The second-order valence-corrected chi connectivity index (χ2v) is 6.21. The summed E-state index contributed by atoms with van der Waals surface area (Å²) in [5.41, 5.74) is 3.51. The maximum absolute atomic E-state index is 4.44. The average Bonchev–Trinajstić information content (AvgIpc) is 2.94. The van der Waals surface area contributed by atoms with Crippen molar-refractivity contribution in [2.24, 2.45) is 0 Å². The fourth-order valence-corrected chi connectivity index (χ4v) is 3.11. The van der Waals surface area contributed by atoms with Gasteiger partial charge in [0.1, 0.15) is 5.82 Å². The standard InChI is InChI=1S/C16H20N6/c1-11-7-18-16(8-17-11)21(2)13-9-22(10-13)15-6-12-4-3-5-14(12)19-20-15/h6-8,13H,3-5,9-10H2,1-2H3. The highest BCUT2D eigenvalue weighted by molar-refractivity contribution is 5.49. The topological polar surface area (TPSA) is 58.0 Å². The first-order valence-electron chi connectivity index (χ1n) is 7.82. The molecule has 0 spiro atoms. The molecule has 2 aliphatic rings. The first kappa shape index (κ1) is 13.4. The Hall–Kier alpha value is -2.24. The molecule has 6 nitrogen and oxygen atoms in total. The monoisotopic (exact) mass is 296 g/mol. The maximum atomic E-state index is 4.44. The number of fused-ring (bicyclic) bond motifs is 1. The van der Waals surface area contributed by atoms with Crippen molar-refractivity contribution in [3.63, 3.8) is 0 Å². The fourth-order valence-electron chi connectivity index (χ4n) is 3.11. The highest BCUT2D eigenvalue weighted by Crippen LogP contribution is 2.27. The van der Waals surface area contributed by atoms with Crippen molar-refractivity contribution in [3.8, 4) is 0 Å². The average molecular weight is 296 g/mol. The van der Waals surface area contributed by atoms with Crippen LogP contribution in [0.25, 0.3) is 0 Å². The number of hydrogen-bond donors (Lipinski definition) is 0. The van der Waals surface area contributed by atoms with Gasteiger partial charge in [-0.15, -0.1) is 5.10 Å². The Labute approximate surface area is 130 Å². The SMILES string of the molecule is Cc1cnc(N(C)C2CN(c3cc4c(nn3)CCC4)C2)cn1. The van der Waals surface area contributed by atoms with Gasteiger partial charge in [-0.1, -0.05) is 0 Å². The Morgan fingerprint density at radius 2 is 2.00 bits per heavy atom. The van der Waals surface area contributed by atoms with Crippen molar-refractivity contribution in [1.82, 2.24) is 20.2 Å². The molecule has 1 aliphatic heterocycles. The molecule has 1 saturated heterocycles. The Morgan fingerprint density at radius 1 is 1.14 bits per heavy atom. The largest absolute Gasteiger partial charge is 0.352 e. The van der Waals surface area contributed by atoms with E-state index in [1.165, 1.54) is 17.7 Å². The van der Waals surface area contributed by atoms with E-state index in [0.717, 1.165) is 43.3 Å². The van der Waals surface area contributed by atoms with Crippen LogP contribution in [0.15, 0.2) is 18.5 Å². The molecule has 1 aliphatic carbocycles. The van der Waals surface area contributed by atoms with Crippen molar-refractivity contribution < 1.29 is 0 Å². The number of hydrogen-bond acceptors (Lipinski definition) is 6. The lowest BCUT2D eigenvalue weighted by Crippen LogP contribution is -2.59. The molecule has 0 amide bonds. The van der Waals surface area contributed by atoms with Crippen molar-refractivity contribution in [3.05, 3.63) is 35.4 Å². The third-order valence-electron chi connectivity index (χ3n) is 4.67. The molecule has 0 N–H and O–H groups in total. The smallest absolute Gasteiger partial charge is 0.151 e. The van der Waals surface area contributed by atoms with E-state index in [9.17, 15) is 0 Å². The van der Waals surface area contributed by atoms with Gasteiger partial charge in [0.15, 0.2) is 5.82 Å². The Morgan fingerprint density at radius 3 is 2.77 bits per heavy atom. The summed E-state index contributed by atoms with van der Waals surface area (Å²) in [6.45, 7) is 3.87. The normalized spacial score (nSPS) is 17.3. The molecule has 114 valence electrons. The predicted octanol–water partition coefficient (Wildman–Crippen LogP) is 1.39. The van der Waals surface area contributed by atoms with E-state index >= 15 is 0 Å². The molecule has 1 fully saturated rings. The number of anilines is 2. The summed E-state index contributed by atoms with van der Waals surface area (Å²) < 4.78 is 0. The summed E-state index contributed by atoms with van der Waals surface area (Å²) in [6, 6.07) is 2.67. The third kappa shape index (κ3) is 2.28. The van der Waals surface area contributed by atoms with Gasteiger partial charge in [0.05, 0.1) is 29.8 Å². The molecule has 22 heavy (non-hydrogen) atoms. The quantitative estimate of drug-likeness (QED) is 0.853. The van der Waals surface area contributed by atoms with Crippen LogP contribution in [0.3, 0.4) is 0 Å². The second kappa shape index (κ2) is 5.19. The van der Waals surface area contributed by atoms with Crippen LogP contribution in [0.5, 0.6) is 0 Å². The van der Waals surface area contributed by atoms with Crippen LogP contribution in [0, 0.1) is 6.92 Å². The molecule has 0 saturated carbocycles. The number of nitrogens with zero attached hydrogens (tertiary/aromatic N) is 6. The van der Waals surface area contributed by atoms with E-state index in [1.807, 2.05) is 19.3 Å². The van der Waals surface area contributed by atoms with E-state index in [-0.39, 0.29) is 0 Å². The van der Waals surface area contributed by atoms with E-state index in [2.05, 4.69) is 43.1 Å². The highest BCUT2D eigenvalue weighted by atomic mass is 15.4. The van der Waals surface area contributed by atoms with Gasteiger partial charge >= 0.3 is 0 Å². The Bertz CT molecular complexity index is 678. The number of aromatic nitrogens is 4. The van der Waals surface area contributed by atoms with E-state index < -0.39 is 0 Å². The van der Waals surface area contributed by atoms with Gasteiger partial charge < -0.3 is 9.80 Å². The van der Waals surface area contributed by atoms with Crippen molar-refractivity contribution in [1.29, 1.82) is 0 Å². The van der Waals surface area contributed by atoms with Crippen LogP contribution in [0.2, 0.25) is 0 Å². The summed E-state index contributed by atoms with van der Waals surface area (Å²) in [5.74, 6) is 1.94. The van der Waals surface area contributed by atoms with Crippen LogP contribution in [0.4, 0.5) is 11.6 Å². The summed E-state index contributed by atoms with van der Waals surface area (Å²) in [5, 5.41) is 8.75. The van der Waals surface area contributed by atoms with Crippen LogP contribution < -0.4 is 9.80 Å². The van der Waals surface area contributed by atoms with Crippen LogP contribution in [-0.4, -0.2) is 46.3 Å². The zero-order valence-corrected chi connectivity index (χ0v) is 13.0. The summed E-state index contributed by atoms with van der Waals surface area (Å²) in [6.07, 6.45) is 7.10. The lowest BCUT2D eigenvalue weighted by Gasteiger charge is -2.44. The summed E-state index contributed by atoms with van der Waals surface area (Å²) >= 11 is 0. The van der Waals surface area contributed by atoms with Gasteiger partial charge in [-0.3, -0.25) is 4.98 Å². The molecule has 0 atom stereocenters. The van der Waals surface area contributed by atoms with Crippen LogP contribution >= 0.6 is 0 Å². The molecule has 0 bridgehead atoms. The number of likely N-dealkylation sites (N-methyl/N-ethyl adjacent to an activating group) is 1. The molecule has 0 radical (unpaired) electrons. The molecular formula is C16H20N6. The van der Waals surface area contributed by atoms with Crippen molar-refractivity contribution in [2.75, 3.05) is 29.9 Å². The van der Waals surface area contributed by atoms with Gasteiger partial charge in [0.25, 0.3) is 0 Å². The Balaban J connectivity index is 1.42. The van der Waals surface area contributed by atoms with E-state index in [4.69, 9.17) is 0 Å². The lowest BCUT2D eigenvalue weighted by molar-refractivity contribution is 0.487. The Kier molecular flexibility index (Phi) is 3.17. The summed E-state index contributed by atoms with van der Waals surface area (Å²) in [7, 11) is 2.08. The minimum atomic E-state index is 0.451. The van der Waals surface area contributed by atoms with E-state index in [1.54, 1.807) is 0 Å². The second-order valence-electron chi connectivity index (χ2n) is 6.21. The van der Waals surface area contributed by atoms with Crippen molar-refractivity contribution >= 4 is 11.6 Å². The highest BCUT2D eigenvalue weighted by Gasteiger charge is 2.32. The first-order valence-corrected chi connectivity index (χ1v) is 7.82.